The van der Waals surface area contributed by atoms with Gasteiger partial charge in [-0.05, 0) is 80.4 Å². The number of rotatable bonds is 6. The topological polar surface area (TPSA) is 48.1 Å². The van der Waals surface area contributed by atoms with E-state index in [1.54, 1.807) is 19.2 Å². The Kier molecular flexibility index (Phi) is 7.35. The third kappa shape index (κ3) is 5.02. The van der Waals surface area contributed by atoms with E-state index in [1.807, 2.05) is 0 Å². The lowest BCUT2D eigenvalue weighted by molar-refractivity contribution is 0.0188. The second kappa shape index (κ2) is 10.5. The van der Waals surface area contributed by atoms with Crippen LogP contribution in [0, 0.1) is 23.3 Å². The van der Waals surface area contributed by atoms with Crippen LogP contribution in [0.15, 0.2) is 24.3 Å². The van der Waals surface area contributed by atoms with Gasteiger partial charge in [0.1, 0.15) is 12.2 Å². The van der Waals surface area contributed by atoms with Gasteiger partial charge < -0.3 is 14.2 Å². The molecule has 2 saturated carbocycles. The third-order valence-corrected chi connectivity index (χ3v) is 7.99. The number of esters is 1. The van der Waals surface area contributed by atoms with Gasteiger partial charge in [-0.2, -0.15) is 0 Å². The van der Waals surface area contributed by atoms with Gasteiger partial charge in [0, 0.05) is 12.7 Å². The summed E-state index contributed by atoms with van der Waals surface area (Å²) in [5.41, 5.74) is 0.411. The molecule has 3 fully saturated rings. The van der Waals surface area contributed by atoms with Crippen molar-refractivity contribution in [2.45, 2.75) is 81.5 Å². The number of halogens is 4. The van der Waals surface area contributed by atoms with E-state index in [0.717, 1.165) is 25.7 Å². The smallest absolute Gasteiger partial charge is 0.341 e. The second-order valence-electron chi connectivity index (χ2n) is 10.1. The summed E-state index contributed by atoms with van der Waals surface area (Å²) < 4.78 is 74.5. The third-order valence-electron chi connectivity index (χ3n) is 7.99. The number of carbonyl (C=O) groups is 1. The Balaban J connectivity index is 1.19. The van der Waals surface area contributed by atoms with Gasteiger partial charge in [0.2, 0.25) is 0 Å². The lowest BCUT2D eigenvalue weighted by Gasteiger charge is -2.30. The van der Waals surface area contributed by atoms with Crippen LogP contribution in [0.3, 0.4) is 0 Å². The van der Waals surface area contributed by atoms with Crippen molar-refractivity contribution in [3.05, 3.63) is 69.8 Å². The highest BCUT2D eigenvalue weighted by Gasteiger charge is 2.33. The van der Waals surface area contributed by atoms with Gasteiger partial charge in [0.05, 0.1) is 18.3 Å². The predicted octanol–water partition coefficient (Wildman–Crippen LogP) is 6.87. The molecule has 8 heteroatoms. The van der Waals surface area contributed by atoms with Crippen LogP contribution in [0.4, 0.5) is 17.6 Å². The van der Waals surface area contributed by atoms with Crippen molar-refractivity contribution in [1.82, 2.24) is 0 Å². The predicted molar refractivity (Wildman–Crippen MR) is 124 cm³/mol. The molecule has 2 aromatic carbocycles. The van der Waals surface area contributed by atoms with Crippen LogP contribution >= 0.6 is 0 Å². The molecule has 1 aliphatic heterocycles. The maximum absolute atomic E-state index is 15.1. The van der Waals surface area contributed by atoms with Gasteiger partial charge in [-0.15, -0.1) is 0 Å². The molecule has 3 aliphatic rings. The summed E-state index contributed by atoms with van der Waals surface area (Å²) in [6.45, 7) is 0.325. The molecule has 4 nitrogen and oxygen atoms in total. The number of benzene rings is 2. The zero-order valence-corrected chi connectivity index (χ0v) is 20.2. The van der Waals surface area contributed by atoms with Gasteiger partial charge in [0.15, 0.2) is 23.3 Å². The molecule has 5 rings (SSSR count). The number of ether oxygens (including phenoxy) is 3. The first-order chi connectivity index (χ1) is 17.4. The molecule has 2 aliphatic carbocycles. The molecule has 0 N–H and O–H groups in total. The summed E-state index contributed by atoms with van der Waals surface area (Å²) in [6, 6.07) is 5.96. The van der Waals surface area contributed by atoms with Crippen LogP contribution in [0.1, 0.15) is 96.4 Å². The Labute approximate surface area is 207 Å². The molecule has 0 aromatic heterocycles. The highest BCUT2D eigenvalue weighted by atomic mass is 19.2. The molecule has 1 heterocycles. The zero-order chi connectivity index (χ0) is 25.4. The lowest BCUT2D eigenvalue weighted by atomic mass is 9.79. The van der Waals surface area contributed by atoms with Crippen molar-refractivity contribution < 1.29 is 36.6 Å². The zero-order valence-electron chi connectivity index (χ0n) is 20.2. The first-order valence-corrected chi connectivity index (χ1v) is 12.7. The van der Waals surface area contributed by atoms with Crippen LogP contribution in [0.25, 0.3) is 0 Å². The molecule has 1 unspecified atom stereocenters. The molecular formula is C28H30F4O4. The molecule has 1 atom stereocenters. The maximum atomic E-state index is 15.1. The van der Waals surface area contributed by atoms with Gasteiger partial charge in [-0.1, -0.05) is 18.2 Å². The van der Waals surface area contributed by atoms with E-state index in [2.05, 4.69) is 0 Å². The van der Waals surface area contributed by atoms with Gasteiger partial charge >= 0.3 is 5.97 Å². The summed E-state index contributed by atoms with van der Waals surface area (Å²) in [4.78, 5) is 12.5. The van der Waals surface area contributed by atoms with E-state index < -0.39 is 47.0 Å². The first-order valence-electron chi connectivity index (χ1n) is 12.7. The average molecular weight is 507 g/mol. The number of epoxide rings is 1. The minimum Gasteiger partial charge on any atom is -0.459 e. The van der Waals surface area contributed by atoms with Crippen LogP contribution in [0.5, 0.6) is 0 Å². The van der Waals surface area contributed by atoms with Crippen molar-refractivity contribution in [2.24, 2.45) is 0 Å². The van der Waals surface area contributed by atoms with Crippen molar-refractivity contribution in [1.29, 1.82) is 0 Å². The van der Waals surface area contributed by atoms with Gasteiger partial charge in [-0.3, -0.25) is 0 Å². The van der Waals surface area contributed by atoms with Gasteiger partial charge in [-0.25, -0.2) is 22.4 Å². The number of hydrogen-bond acceptors (Lipinski definition) is 4. The fourth-order valence-corrected chi connectivity index (χ4v) is 5.72. The van der Waals surface area contributed by atoms with Crippen molar-refractivity contribution in [3.63, 3.8) is 0 Å². The molecular weight excluding hydrogens is 476 g/mol. The second-order valence-corrected chi connectivity index (χ2v) is 10.1. The van der Waals surface area contributed by atoms with E-state index in [0.29, 0.717) is 43.4 Å². The largest absolute Gasteiger partial charge is 0.459 e. The molecule has 2 aromatic rings. The summed E-state index contributed by atoms with van der Waals surface area (Å²) >= 11 is 0. The summed E-state index contributed by atoms with van der Waals surface area (Å²) in [5.74, 6) is -5.02. The standard InChI is InChI=1S/C28H30F4O4/c1-34-17-6-2-15(3-7-17)19-10-11-20(25(30)24(19)29)16-4-8-18(9-5-16)36-28(33)22-13-12-21(23-14-35-23)26(31)27(22)32/h10-13,15-18,23H,2-9,14H2,1H3. The fourth-order valence-electron chi connectivity index (χ4n) is 5.72. The van der Waals surface area contributed by atoms with E-state index in [1.165, 1.54) is 12.1 Å². The van der Waals surface area contributed by atoms with E-state index >= 15 is 8.78 Å². The fraction of sp³-hybridized carbons (Fsp3) is 0.536. The lowest BCUT2D eigenvalue weighted by Crippen LogP contribution is -2.25. The number of carbonyl (C=O) groups excluding carboxylic acids is 1. The van der Waals surface area contributed by atoms with E-state index in [4.69, 9.17) is 14.2 Å². The van der Waals surface area contributed by atoms with Crippen LogP contribution in [-0.4, -0.2) is 31.9 Å². The quantitative estimate of drug-likeness (QED) is 0.244. The molecule has 0 spiro atoms. The molecule has 0 bridgehead atoms. The first kappa shape index (κ1) is 25.2. The monoisotopic (exact) mass is 506 g/mol. The van der Waals surface area contributed by atoms with Crippen LogP contribution in [0.2, 0.25) is 0 Å². The van der Waals surface area contributed by atoms with E-state index in [-0.39, 0.29) is 23.5 Å². The maximum Gasteiger partial charge on any atom is 0.341 e. The van der Waals surface area contributed by atoms with Crippen molar-refractivity contribution in [2.75, 3.05) is 13.7 Å². The highest BCUT2D eigenvalue weighted by molar-refractivity contribution is 5.90. The minimum absolute atomic E-state index is 0.00815. The van der Waals surface area contributed by atoms with Crippen molar-refractivity contribution >= 4 is 5.97 Å². The summed E-state index contributed by atoms with van der Waals surface area (Å²) in [5, 5.41) is 0. The summed E-state index contributed by atoms with van der Waals surface area (Å²) in [7, 11) is 1.68. The Morgan fingerprint density at radius 3 is 1.69 bits per heavy atom. The molecule has 36 heavy (non-hydrogen) atoms. The van der Waals surface area contributed by atoms with Crippen LogP contribution in [-0.2, 0) is 14.2 Å². The van der Waals surface area contributed by atoms with E-state index in [9.17, 15) is 13.6 Å². The molecule has 0 amide bonds. The normalized spacial score (nSPS) is 28.1. The minimum atomic E-state index is -1.24. The Morgan fingerprint density at radius 1 is 0.722 bits per heavy atom. The van der Waals surface area contributed by atoms with Crippen LogP contribution < -0.4 is 0 Å². The SMILES string of the molecule is COC1CCC(c2ccc(C3CCC(OC(=O)c4ccc(C5CO5)c(F)c4F)CC3)c(F)c2F)CC1. The molecule has 1 saturated heterocycles. The molecule has 194 valence electrons. The van der Waals surface area contributed by atoms with Crippen molar-refractivity contribution in [3.8, 4) is 0 Å². The highest BCUT2D eigenvalue weighted by Crippen LogP contribution is 2.40. The number of methoxy groups -OCH3 is 1. The Hall–Kier alpha value is -2.45. The Morgan fingerprint density at radius 2 is 1.19 bits per heavy atom. The average Bonchev–Trinajstić information content (AvgIpc) is 3.73. The number of hydrogen-bond donors (Lipinski definition) is 0. The van der Waals surface area contributed by atoms with Gasteiger partial charge in [0.25, 0.3) is 0 Å². The Bertz CT molecular complexity index is 1120. The molecule has 0 radical (unpaired) electrons. The summed E-state index contributed by atoms with van der Waals surface area (Å²) in [6.07, 6.45) is 4.29.